The topological polar surface area (TPSA) is 48.0 Å². The molecule has 0 radical (unpaired) electrons. The van der Waals surface area contributed by atoms with Crippen LogP contribution in [-0.2, 0) is 0 Å². The number of rotatable bonds is 7. The van der Waals surface area contributed by atoms with Gasteiger partial charge in [0.25, 0.3) is 5.91 Å². The van der Waals surface area contributed by atoms with Crippen LogP contribution in [0.3, 0.4) is 0 Å². The summed E-state index contributed by atoms with van der Waals surface area (Å²) in [6.45, 7) is 2.83. The third kappa shape index (κ3) is 3.60. The summed E-state index contributed by atoms with van der Waals surface area (Å²) in [6, 6.07) is 3.33. The molecule has 0 N–H and O–H groups in total. The lowest BCUT2D eigenvalue weighted by molar-refractivity contribution is 0.0772. The van der Waals surface area contributed by atoms with Crippen LogP contribution in [0.2, 0.25) is 0 Å². The first-order valence-electron chi connectivity index (χ1n) is 6.66. The molecule has 0 saturated heterocycles. The van der Waals surface area contributed by atoms with Crippen molar-refractivity contribution in [2.45, 2.75) is 13.3 Å². The van der Waals surface area contributed by atoms with E-state index in [2.05, 4.69) is 5.92 Å². The van der Waals surface area contributed by atoms with Crippen molar-refractivity contribution in [1.29, 1.82) is 0 Å². The molecule has 0 aliphatic heterocycles. The van der Waals surface area contributed by atoms with E-state index in [4.69, 9.17) is 20.6 Å². The lowest BCUT2D eigenvalue weighted by atomic mass is 10.1. The van der Waals surface area contributed by atoms with Crippen molar-refractivity contribution in [1.82, 2.24) is 4.90 Å². The maximum atomic E-state index is 12.6. The van der Waals surface area contributed by atoms with Crippen molar-refractivity contribution in [3.63, 3.8) is 0 Å². The van der Waals surface area contributed by atoms with E-state index in [0.717, 1.165) is 6.42 Å². The Morgan fingerprint density at radius 2 is 1.86 bits per heavy atom. The van der Waals surface area contributed by atoms with Crippen molar-refractivity contribution in [2.75, 3.05) is 34.4 Å². The molecule has 1 aromatic carbocycles. The minimum absolute atomic E-state index is 0.187. The lowest BCUT2D eigenvalue weighted by Crippen LogP contribution is -2.32. The summed E-state index contributed by atoms with van der Waals surface area (Å²) in [7, 11) is 4.51. The molecule has 0 aliphatic carbocycles. The Balaban J connectivity index is 3.28. The number of hydrogen-bond donors (Lipinski definition) is 0. The van der Waals surface area contributed by atoms with Gasteiger partial charge in [0, 0.05) is 6.54 Å². The molecule has 0 spiro atoms. The lowest BCUT2D eigenvalue weighted by Gasteiger charge is -2.22. The first kappa shape index (κ1) is 16.7. The molecular weight excluding hydrogens is 270 g/mol. The summed E-state index contributed by atoms with van der Waals surface area (Å²) in [5.74, 6) is 3.56. The van der Waals surface area contributed by atoms with Gasteiger partial charge in [-0.3, -0.25) is 4.79 Å². The van der Waals surface area contributed by atoms with Crippen molar-refractivity contribution in [2.24, 2.45) is 0 Å². The fourth-order valence-corrected chi connectivity index (χ4v) is 2.07. The van der Waals surface area contributed by atoms with Gasteiger partial charge in [-0.1, -0.05) is 12.8 Å². The minimum atomic E-state index is -0.187. The van der Waals surface area contributed by atoms with Crippen LogP contribution in [-0.4, -0.2) is 45.2 Å². The summed E-state index contributed by atoms with van der Waals surface area (Å²) in [5, 5.41) is 0. The number of amides is 1. The van der Waals surface area contributed by atoms with Crippen LogP contribution in [0.5, 0.6) is 17.2 Å². The number of hydrogen-bond acceptors (Lipinski definition) is 4. The van der Waals surface area contributed by atoms with Crippen LogP contribution in [0.25, 0.3) is 0 Å². The second kappa shape index (κ2) is 8.05. The molecule has 1 amide bonds. The molecule has 0 atom stereocenters. The number of benzene rings is 1. The van der Waals surface area contributed by atoms with E-state index in [1.807, 2.05) is 6.92 Å². The zero-order valence-corrected chi connectivity index (χ0v) is 12.9. The standard InChI is InChI=1S/C16H21NO4/c1-6-10-17(11-7-2)16(18)12-8-9-13(19-3)15(21-5)14(12)20-4/h1,8-9H,7,10-11H2,2-5H3. The fraction of sp³-hybridized carbons (Fsp3) is 0.438. The molecule has 0 aliphatic rings. The quantitative estimate of drug-likeness (QED) is 0.723. The number of methoxy groups -OCH3 is 3. The zero-order chi connectivity index (χ0) is 15.8. The molecule has 0 fully saturated rings. The average Bonchev–Trinajstić information content (AvgIpc) is 2.52. The molecule has 114 valence electrons. The van der Waals surface area contributed by atoms with Gasteiger partial charge < -0.3 is 19.1 Å². The zero-order valence-electron chi connectivity index (χ0n) is 12.9. The van der Waals surface area contributed by atoms with Gasteiger partial charge in [-0.2, -0.15) is 0 Å². The van der Waals surface area contributed by atoms with Gasteiger partial charge in [-0.05, 0) is 18.6 Å². The average molecular weight is 291 g/mol. The predicted octanol–water partition coefficient (Wildman–Crippen LogP) is 2.20. The summed E-state index contributed by atoms with van der Waals surface area (Å²) in [5.41, 5.74) is 0.402. The van der Waals surface area contributed by atoms with Crippen molar-refractivity contribution in [3.8, 4) is 29.6 Å². The van der Waals surface area contributed by atoms with E-state index >= 15 is 0 Å². The number of terminal acetylenes is 1. The molecule has 1 aromatic rings. The van der Waals surface area contributed by atoms with Crippen LogP contribution in [0.15, 0.2) is 12.1 Å². The highest BCUT2D eigenvalue weighted by molar-refractivity contribution is 5.98. The molecular formula is C16H21NO4. The Labute approximate surface area is 125 Å². The number of carbonyl (C=O) groups is 1. The summed E-state index contributed by atoms with van der Waals surface area (Å²) < 4.78 is 15.8. The van der Waals surface area contributed by atoms with Crippen LogP contribution in [0, 0.1) is 12.3 Å². The van der Waals surface area contributed by atoms with E-state index < -0.39 is 0 Å². The minimum Gasteiger partial charge on any atom is -0.493 e. The number of nitrogens with zero attached hydrogens (tertiary/aromatic N) is 1. The second-order valence-electron chi connectivity index (χ2n) is 4.31. The molecule has 0 saturated carbocycles. The Bertz CT molecular complexity index is 534. The van der Waals surface area contributed by atoms with Gasteiger partial charge >= 0.3 is 0 Å². The van der Waals surface area contributed by atoms with E-state index in [0.29, 0.717) is 29.4 Å². The van der Waals surface area contributed by atoms with E-state index in [1.54, 1.807) is 17.0 Å². The maximum Gasteiger partial charge on any atom is 0.258 e. The molecule has 5 heteroatoms. The van der Waals surface area contributed by atoms with Crippen molar-refractivity contribution >= 4 is 5.91 Å². The summed E-state index contributed by atoms with van der Waals surface area (Å²) in [4.78, 5) is 14.2. The largest absolute Gasteiger partial charge is 0.493 e. The number of carbonyl (C=O) groups excluding carboxylic acids is 1. The Kier molecular flexibility index (Phi) is 6.41. The third-order valence-corrected chi connectivity index (χ3v) is 3.00. The van der Waals surface area contributed by atoms with Gasteiger partial charge in [0.2, 0.25) is 5.75 Å². The van der Waals surface area contributed by atoms with E-state index in [1.165, 1.54) is 21.3 Å². The molecule has 0 aromatic heterocycles. The summed E-state index contributed by atoms with van der Waals surface area (Å²) >= 11 is 0. The van der Waals surface area contributed by atoms with E-state index in [9.17, 15) is 4.79 Å². The molecule has 0 bridgehead atoms. The highest BCUT2D eigenvalue weighted by Crippen LogP contribution is 2.40. The van der Waals surface area contributed by atoms with Gasteiger partial charge in [-0.25, -0.2) is 0 Å². The number of ether oxygens (including phenoxy) is 3. The molecule has 1 rings (SSSR count). The third-order valence-electron chi connectivity index (χ3n) is 3.00. The highest BCUT2D eigenvalue weighted by Gasteiger charge is 2.23. The van der Waals surface area contributed by atoms with Crippen molar-refractivity contribution < 1.29 is 19.0 Å². The molecule has 21 heavy (non-hydrogen) atoms. The van der Waals surface area contributed by atoms with E-state index in [-0.39, 0.29) is 12.5 Å². The van der Waals surface area contributed by atoms with Gasteiger partial charge in [0.15, 0.2) is 11.5 Å². The predicted molar refractivity (Wildman–Crippen MR) is 81.1 cm³/mol. The van der Waals surface area contributed by atoms with Gasteiger partial charge in [0.05, 0.1) is 33.4 Å². The van der Waals surface area contributed by atoms with Crippen LogP contribution >= 0.6 is 0 Å². The SMILES string of the molecule is C#CCN(CCC)C(=O)c1ccc(OC)c(OC)c1OC. The summed E-state index contributed by atoms with van der Waals surface area (Å²) in [6.07, 6.45) is 6.15. The normalized spacial score (nSPS) is 9.67. The maximum absolute atomic E-state index is 12.6. The second-order valence-corrected chi connectivity index (χ2v) is 4.31. The first-order valence-corrected chi connectivity index (χ1v) is 6.66. The van der Waals surface area contributed by atoms with Crippen LogP contribution < -0.4 is 14.2 Å². The molecule has 5 nitrogen and oxygen atoms in total. The Morgan fingerprint density at radius 1 is 1.19 bits per heavy atom. The highest BCUT2D eigenvalue weighted by atomic mass is 16.5. The fourth-order valence-electron chi connectivity index (χ4n) is 2.07. The smallest absolute Gasteiger partial charge is 0.258 e. The Morgan fingerprint density at radius 3 is 2.33 bits per heavy atom. The van der Waals surface area contributed by atoms with Crippen LogP contribution in [0.1, 0.15) is 23.7 Å². The van der Waals surface area contributed by atoms with Crippen molar-refractivity contribution in [3.05, 3.63) is 17.7 Å². The van der Waals surface area contributed by atoms with Gasteiger partial charge in [0.1, 0.15) is 0 Å². The monoisotopic (exact) mass is 291 g/mol. The van der Waals surface area contributed by atoms with Crippen LogP contribution in [0.4, 0.5) is 0 Å². The molecule has 0 unspecified atom stereocenters. The Hall–Kier alpha value is -2.35. The molecule has 0 heterocycles. The first-order chi connectivity index (χ1) is 10.1. The van der Waals surface area contributed by atoms with Gasteiger partial charge in [-0.15, -0.1) is 6.42 Å².